The first-order chi connectivity index (χ1) is 6.77. The quantitative estimate of drug-likeness (QED) is 0.660. The van der Waals surface area contributed by atoms with E-state index in [4.69, 9.17) is 5.73 Å². The molecule has 0 radical (unpaired) electrons. The molecular weight excluding hydrogens is 180 g/mol. The van der Waals surface area contributed by atoms with Crippen LogP contribution in [0.15, 0.2) is 18.5 Å². The van der Waals surface area contributed by atoms with Gasteiger partial charge in [0.2, 0.25) is 5.82 Å². The van der Waals surface area contributed by atoms with Crippen molar-refractivity contribution >= 4 is 5.91 Å². The van der Waals surface area contributed by atoms with Crippen LogP contribution in [0.4, 0.5) is 0 Å². The number of aromatic nitrogens is 2. The molecule has 0 unspecified atom stereocenters. The van der Waals surface area contributed by atoms with Gasteiger partial charge in [0.05, 0.1) is 0 Å². The average molecular weight is 192 g/mol. The molecule has 1 saturated heterocycles. The standard InChI is InChI=1S/C9H12N4O/c10-7-2-5-13(6-7)9(14)8-11-3-1-4-12-8/h1,3-4,7H,2,5-6,10H2/t7-/m1/s1. The molecular formula is C9H12N4O. The van der Waals surface area contributed by atoms with Crippen molar-refractivity contribution in [3.05, 3.63) is 24.3 Å². The molecule has 2 heterocycles. The molecule has 1 amide bonds. The number of carbonyl (C=O) groups excluding carboxylic acids is 1. The molecule has 14 heavy (non-hydrogen) atoms. The van der Waals surface area contributed by atoms with Crippen LogP contribution in [-0.2, 0) is 0 Å². The lowest BCUT2D eigenvalue weighted by molar-refractivity contribution is 0.0778. The summed E-state index contributed by atoms with van der Waals surface area (Å²) in [5.74, 6) is 0.125. The molecule has 1 fully saturated rings. The number of hydrogen-bond donors (Lipinski definition) is 1. The fourth-order valence-electron chi connectivity index (χ4n) is 1.52. The largest absolute Gasteiger partial charge is 0.334 e. The maximum atomic E-state index is 11.7. The van der Waals surface area contributed by atoms with Crippen molar-refractivity contribution in [3.63, 3.8) is 0 Å². The molecule has 1 aliphatic heterocycles. The van der Waals surface area contributed by atoms with Crippen molar-refractivity contribution in [2.45, 2.75) is 12.5 Å². The van der Waals surface area contributed by atoms with E-state index < -0.39 is 0 Å². The zero-order valence-corrected chi connectivity index (χ0v) is 7.76. The van der Waals surface area contributed by atoms with Gasteiger partial charge in [-0.2, -0.15) is 0 Å². The number of nitrogens with zero attached hydrogens (tertiary/aromatic N) is 3. The summed E-state index contributed by atoms with van der Waals surface area (Å²) >= 11 is 0. The Labute approximate surface area is 82.0 Å². The van der Waals surface area contributed by atoms with Crippen LogP contribution in [0.1, 0.15) is 17.0 Å². The van der Waals surface area contributed by atoms with Gasteiger partial charge in [0.1, 0.15) is 0 Å². The van der Waals surface area contributed by atoms with Crippen LogP contribution < -0.4 is 5.73 Å². The maximum absolute atomic E-state index is 11.7. The third-order valence-corrected chi connectivity index (χ3v) is 2.27. The number of hydrogen-bond acceptors (Lipinski definition) is 4. The van der Waals surface area contributed by atoms with Gasteiger partial charge in [0.25, 0.3) is 5.91 Å². The molecule has 0 spiro atoms. The van der Waals surface area contributed by atoms with Crippen molar-refractivity contribution < 1.29 is 4.79 Å². The van der Waals surface area contributed by atoms with Crippen molar-refractivity contribution in [2.75, 3.05) is 13.1 Å². The van der Waals surface area contributed by atoms with Gasteiger partial charge in [-0.1, -0.05) is 0 Å². The number of amides is 1. The fourth-order valence-corrected chi connectivity index (χ4v) is 1.52. The summed E-state index contributed by atoms with van der Waals surface area (Å²) in [6.45, 7) is 1.31. The summed E-state index contributed by atoms with van der Waals surface area (Å²) in [6, 6.07) is 1.79. The highest BCUT2D eigenvalue weighted by Gasteiger charge is 2.25. The normalized spacial score (nSPS) is 21.2. The lowest BCUT2D eigenvalue weighted by Gasteiger charge is -2.13. The zero-order chi connectivity index (χ0) is 9.97. The first-order valence-corrected chi connectivity index (χ1v) is 4.59. The van der Waals surface area contributed by atoms with Gasteiger partial charge in [-0.3, -0.25) is 4.79 Å². The molecule has 1 aromatic heterocycles. The highest BCUT2D eigenvalue weighted by molar-refractivity contribution is 5.90. The van der Waals surface area contributed by atoms with Crippen LogP contribution in [-0.4, -0.2) is 39.9 Å². The van der Waals surface area contributed by atoms with Crippen LogP contribution in [0, 0.1) is 0 Å². The second-order valence-electron chi connectivity index (χ2n) is 3.37. The fraction of sp³-hybridized carbons (Fsp3) is 0.444. The van der Waals surface area contributed by atoms with Gasteiger partial charge in [-0.25, -0.2) is 9.97 Å². The van der Waals surface area contributed by atoms with Gasteiger partial charge in [0, 0.05) is 31.5 Å². The number of likely N-dealkylation sites (tertiary alicyclic amines) is 1. The molecule has 1 aromatic rings. The monoisotopic (exact) mass is 192 g/mol. The first kappa shape index (κ1) is 9.08. The second kappa shape index (κ2) is 3.71. The van der Waals surface area contributed by atoms with Gasteiger partial charge >= 0.3 is 0 Å². The Morgan fingerprint density at radius 3 is 2.79 bits per heavy atom. The van der Waals surface area contributed by atoms with Crippen molar-refractivity contribution in [1.82, 2.24) is 14.9 Å². The highest BCUT2D eigenvalue weighted by Crippen LogP contribution is 2.09. The Kier molecular flexibility index (Phi) is 2.41. The van der Waals surface area contributed by atoms with Crippen molar-refractivity contribution in [1.29, 1.82) is 0 Å². The topological polar surface area (TPSA) is 72.1 Å². The number of rotatable bonds is 1. The minimum Gasteiger partial charge on any atom is -0.334 e. The Balaban J connectivity index is 2.10. The van der Waals surface area contributed by atoms with E-state index in [-0.39, 0.29) is 17.8 Å². The lowest BCUT2D eigenvalue weighted by atomic mass is 10.3. The molecule has 74 valence electrons. The van der Waals surface area contributed by atoms with E-state index in [0.29, 0.717) is 13.1 Å². The zero-order valence-electron chi connectivity index (χ0n) is 7.76. The number of nitrogens with two attached hydrogens (primary N) is 1. The summed E-state index contributed by atoms with van der Waals surface area (Å²) in [5, 5.41) is 0. The molecule has 1 atom stereocenters. The SMILES string of the molecule is N[C@@H]1CCN(C(=O)c2ncccn2)C1. The third kappa shape index (κ3) is 1.72. The summed E-state index contributed by atoms with van der Waals surface area (Å²) in [4.78, 5) is 21.2. The Morgan fingerprint density at radius 2 is 2.21 bits per heavy atom. The molecule has 1 aliphatic rings. The van der Waals surface area contributed by atoms with Gasteiger partial charge in [-0.15, -0.1) is 0 Å². The summed E-state index contributed by atoms with van der Waals surface area (Å²) in [5.41, 5.74) is 5.71. The number of carbonyl (C=O) groups is 1. The van der Waals surface area contributed by atoms with Gasteiger partial charge in [0.15, 0.2) is 0 Å². The van der Waals surface area contributed by atoms with E-state index in [0.717, 1.165) is 6.42 Å². The predicted octanol–water partition coefficient (Wildman–Crippen LogP) is -0.350. The van der Waals surface area contributed by atoms with Crippen LogP contribution in [0.25, 0.3) is 0 Å². The van der Waals surface area contributed by atoms with E-state index in [2.05, 4.69) is 9.97 Å². The predicted molar refractivity (Wildman–Crippen MR) is 50.5 cm³/mol. The molecule has 0 aliphatic carbocycles. The van der Waals surface area contributed by atoms with E-state index in [1.807, 2.05) is 0 Å². The molecule has 0 aromatic carbocycles. The smallest absolute Gasteiger partial charge is 0.291 e. The maximum Gasteiger partial charge on any atom is 0.291 e. The second-order valence-corrected chi connectivity index (χ2v) is 3.37. The van der Waals surface area contributed by atoms with Gasteiger partial charge in [-0.05, 0) is 12.5 Å². The molecule has 0 bridgehead atoms. The summed E-state index contributed by atoms with van der Waals surface area (Å²) in [6.07, 6.45) is 3.99. The van der Waals surface area contributed by atoms with Crippen LogP contribution in [0.3, 0.4) is 0 Å². The molecule has 5 heteroatoms. The Hall–Kier alpha value is -1.49. The Morgan fingerprint density at radius 1 is 1.50 bits per heavy atom. The minimum absolute atomic E-state index is 0.0997. The first-order valence-electron chi connectivity index (χ1n) is 4.59. The van der Waals surface area contributed by atoms with E-state index in [9.17, 15) is 4.79 Å². The summed E-state index contributed by atoms with van der Waals surface area (Å²) in [7, 11) is 0. The minimum atomic E-state index is -0.126. The summed E-state index contributed by atoms with van der Waals surface area (Å²) < 4.78 is 0. The van der Waals surface area contributed by atoms with Crippen molar-refractivity contribution in [3.8, 4) is 0 Å². The Bertz CT molecular complexity index is 327. The van der Waals surface area contributed by atoms with Crippen LogP contribution >= 0.6 is 0 Å². The van der Waals surface area contributed by atoms with Crippen LogP contribution in [0.2, 0.25) is 0 Å². The van der Waals surface area contributed by atoms with E-state index in [1.54, 1.807) is 23.4 Å². The van der Waals surface area contributed by atoms with E-state index in [1.165, 1.54) is 0 Å². The third-order valence-electron chi connectivity index (χ3n) is 2.27. The molecule has 2 N–H and O–H groups in total. The van der Waals surface area contributed by atoms with Gasteiger partial charge < -0.3 is 10.6 Å². The highest BCUT2D eigenvalue weighted by atomic mass is 16.2. The lowest BCUT2D eigenvalue weighted by Crippen LogP contribution is -2.32. The van der Waals surface area contributed by atoms with Crippen molar-refractivity contribution in [2.24, 2.45) is 5.73 Å². The molecule has 5 nitrogen and oxygen atoms in total. The molecule has 2 rings (SSSR count). The average Bonchev–Trinajstić information content (AvgIpc) is 2.65. The molecule has 0 saturated carbocycles. The van der Waals surface area contributed by atoms with E-state index >= 15 is 0 Å². The van der Waals surface area contributed by atoms with Crippen LogP contribution in [0.5, 0.6) is 0 Å².